The molecule has 3 fully saturated rings. The van der Waals surface area contributed by atoms with Crippen LogP contribution >= 0.6 is 9.24 Å². The molecule has 0 aromatic rings. The van der Waals surface area contributed by atoms with Crippen LogP contribution in [0.3, 0.4) is 0 Å². The molecular weight excluding hydrogens is 316 g/mol. The normalized spacial score (nSPS) is 52.3. The summed E-state index contributed by atoms with van der Waals surface area (Å²) in [5.74, 6) is 1.82. The molecule has 0 bridgehead atoms. The van der Waals surface area contributed by atoms with E-state index >= 15 is 0 Å². The van der Waals surface area contributed by atoms with E-state index in [0.717, 1.165) is 18.8 Å². The maximum absolute atomic E-state index is 14.8. The summed E-state index contributed by atoms with van der Waals surface area (Å²) in [5.41, 5.74) is -0.593. The average molecular weight is 348 g/mol. The van der Waals surface area contributed by atoms with Gasteiger partial charge in [-0.25, -0.2) is 13.2 Å². The molecule has 6 unspecified atom stereocenters. The molecule has 3 aliphatic carbocycles. The summed E-state index contributed by atoms with van der Waals surface area (Å²) in [5, 5.41) is 0. The second-order valence-corrected chi connectivity index (χ2v) is 9.38. The van der Waals surface area contributed by atoms with Crippen LogP contribution in [0.2, 0.25) is 0 Å². The molecule has 0 saturated heterocycles. The van der Waals surface area contributed by atoms with Gasteiger partial charge >= 0.3 is 0 Å². The van der Waals surface area contributed by atoms with E-state index in [-0.39, 0.29) is 11.8 Å². The van der Waals surface area contributed by atoms with E-state index in [0.29, 0.717) is 31.1 Å². The van der Waals surface area contributed by atoms with Gasteiger partial charge in [0.25, 0.3) is 0 Å². The smallest absolute Gasteiger partial charge is 0.109 e. The van der Waals surface area contributed by atoms with E-state index in [1.807, 2.05) is 0 Å². The zero-order valence-electron chi connectivity index (χ0n) is 14.3. The number of rotatable bonds is 2. The Kier molecular flexibility index (Phi) is 5.98. The molecule has 0 aromatic carbocycles. The van der Waals surface area contributed by atoms with Gasteiger partial charge in [0, 0.05) is 5.66 Å². The summed E-state index contributed by atoms with van der Waals surface area (Å²) in [7, 11) is 2.30. The largest absolute Gasteiger partial charge is 0.247 e. The first-order valence-electron chi connectivity index (χ1n) is 9.63. The maximum Gasteiger partial charge on any atom is 0.109 e. The Balaban J connectivity index is 1.54. The highest BCUT2D eigenvalue weighted by atomic mass is 31.0. The molecule has 0 aromatic heterocycles. The Hall–Kier alpha value is 0.220. The summed E-state index contributed by atoms with van der Waals surface area (Å²) in [6, 6.07) is 0. The third-order valence-corrected chi connectivity index (χ3v) is 7.92. The average Bonchev–Trinajstić information content (AvgIpc) is 2.53. The van der Waals surface area contributed by atoms with Gasteiger partial charge in [0.05, 0.1) is 0 Å². The minimum absolute atomic E-state index is 0.0980. The Labute approximate surface area is 141 Å². The van der Waals surface area contributed by atoms with Crippen LogP contribution in [0, 0.1) is 29.6 Å². The van der Waals surface area contributed by atoms with Gasteiger partial charge in [-0.15, -0.1) is 9.24 Å². The summed E-state index contributed by atoms with van der Waals surface area (Å²) < 4.78 is 42.8. The van der Waals surface area contributed by atoms with E-state index in [2.05, 4.69) is 16.2 Å². The van der Waals surface area contributed by atoms with Gasteiger partial charge in [-0.2, -0.15) is 0 Å². The van der Waals surface area contributed by atoms with Crippen molar-refractivity contribution in [2.75, 3.05) is 0 Å². The Morgan fingerprint density at radius 2 is 1.17 bits per heavy atom. The van der Waals surface area contributed by atoms with Crippen LogP contribution in [0.1, 0.15) is 64.7 Å². The van der Waals surface area contributed by atoms with Crippen molar-refractivity contribution in [1.29, 1.82) is 0 Å². The van der Waals surface area contributed by atoms with Crippen LogP contribution in [0.4, 0.5) is 13.2 Å². The molecule has 3 aliphatic rings. The molecule has 0 N–H and O–H groups in total. The second-order valence-electron chi connectivity index (χ2n) is 8.61. The zero-order valence-corrected chi connectivity index (χ0v) is 15.4. The molecule has 3 saturated carbocycles. The SMILES string of the molecule is CC1CCC(C2CCC(C3CC(F)C(P)C(F)C3)C(F)C2)CC1. The van der Waals surface area contributed by atoms with E-state index in [1.165, 1.54) is 25.7 Å². The number of halogens is 3. The Morgan fingerprint density at radius 3 is 1.74 bits per heavy atom. The van der Waals surface area contributed by atoms with Crippen molar-refractivity contribution in [3.05, 3.63) is 0 Å². The van der Waals surface area contributed by atoms with Crippen molar-refractivity contribution >= 4 is 9.24 Å². The van der Waals surface area contributed by atoms with Crippen molar-refractivity contribution in [3.8, 4) is 0 Å². The fourth-order valence-corrected chi connectivity index (χ4v) is 5.77. The maximum atomic E-state index is 14.8. The van der Waals surface area contributed by atoms with Gasteiger partial charge < -0.3 is 0 Å². The number of hydrogen-bond donors (Lipinski definition) is 0. The standard InChI is InChI=1S/C19H32F3P/c1-11-2-4-12(5-3-11)13-6-7-15(16(20)8-13)14-9-17(21)19(23)18(22)10-14/h11-19H,2-10,23H2,1H3. The minimum Gasteiger partial charge on any atom is -0.247 e. The van der Waals surface area contributed by atoms with Crippen molar-refractivity contribution in [1.82, 2.24) is 0 Å². The summed E-state index contributed by atoms with van der Waals surface area (Å²) in [6.07, 6.45) is 5.22. The van der Waals surface area contributed by atoms with Gasteiger partial charge in [-0.1, -0.05) is 19.8 Å². The monoisotopic (exact) mass is 348 g/mol. The van der Waals surface area contributed by atoms with Crippen molar-refractivity contribution in [3.63, 3.8) is 0 Å². The lowest BCUT2D eigenvalue weighted by Gasteiger charge is -2.43. The van der Waals surface area contributed by atoms with Crippen LogP contribution in [-0.2, 0) is 0 Å². The molecule has 6 atom stereocenters. The van der Waals surface area contributed by atoms with Crippen LogP contribution in [0.5, 0.6) is 0 Å². The molecule has 3 rings (SSSR count). The van der Waals surface area contributed by atoms with Crippen LogP contribution in [-0.4, -0.2) is 24.2 Å². The third-order valence-electron chi connectivity index (χ3n) is 7.09. The zero-order chi connectivity index (χ0) is 16.6. The Morgan fingerprint density at radius 1 is 0.652 bits per heavy atom. The van der Waals surface area contributed by atoms with Gasteiger partial charge in [0.1, 0.15) is 18.5 Å². The predicted octanol–water partition coefficient (Wildman–Crippen LogP) is 5.90. The summed E-state index contributed by atoms with van der Waals surface area (Å²) in [6.45, 7) is 2.31. The lowest BCUT2D eigenvalue weighted by atomic mass is 9.65. The van der Waals surface area contributed by atoms with Crippen LogP contribution in [0.25, 0.3) is 0 Å². The minimum atomic E-state index is -1.13. The molecule has 0 radical (unpaired) electrons. The third kappa shape index (κ3) is 4.07. The molecular formula is C19H32F3P. The first kappa shape index (κ1) is 18.0. The fourth-order valence-electron chi connectivity index (χ4n) is 5.45. The number of hydrogen-bond acceptors (Lipinski definition) is 0. The fraction of sp³-hybridized carbons (Fsp3) is 1.00. The van der Waals surface area contributed by atoms with Gasteiger partial charge in [0.15, 0.2) is 0 Å². The quantitative estimate of drug-likeness (QED) is 0.545. The highest BCUT2D eigenvalue weighted by Crippen LogP contribution is 2.47. The molecule has 134 valence electrons. The molecule has 23 heavy (non-hydrogen) atoms. The van der Waals surface area contributed by atoms with Crippen molar-refractivity contribution < 1.29 is 13.2 Å². The van der Waals surface area contributed by atoms with E-state index in [9.17, 15) is 13.2 Å². The molecule has 0 spiro atoms. The second kappa shape index (κ2) is 7.63. The number of alkyl halides is 3. The van der Waals surface area contributed by atoms with E-state index < -0.39 is 24.2 Å². The lowest BCUT2D eigenvalue weighted by Crippen LogP contribution is -2.43. The van der Waals surface area contributed by atoms with Crippen LogP contribution in [0.15, 0.2) is 0 Å². The lowest BCUT2D eigenvalue weighted by molar-refractivity contribution is 0.0118. The predicted molar refractivity (Wildman–Crippen MR) is 92.9 cm³/mol. The molecule has 0 aliphatic heterocycles. The summed E-state index contributed by atoms with van der Waals surface area (Å²) >= 11 is 0. The van der Waals surface area contributed by atoms with Crippen molar-refractivity contribution in [2.24, 2.45) is 29.6 Å². The van der Waals surface area contributed by atoms with Gasteiger partial charge in [-0.3, -0.25) is 0 Å². The highest BCUT2D eigenvalue weighted by molar-refractivity contribution is 7.17. The van der Waals surface area contributed by atoms with Gasteiger partial charge in [-0.05, 0) is 74.5 Å². The molecule has 0 amide bonds. The molecule has 4 heteroatoms. The topological polar surface area (TPSA) is 0 Å². The van der Waals surface area contributed by atoms with Crippen LogP contribution < -0.4 is 0 Å². The molecule has 0 heterocycles. The first-order chi connectivity index (χ1) is 11.0. The first-order valence-corrected chi connectivity index (χ1v) is 10.3. The van der Waals surface area contributed by atoms with E-state index in [4.69, 9.17) is 0 Å². The highest BCUT2D eigenvalue weighted by Gasteiger charge is 2.44. The molecule has 0 nitrogen and oxygen atoms in total. The van der Waals surface area contributed by atoms with E-state index in [1.54, 1.807) is 0 Å². The van der Waals surface area contributed by atoms with Crippen molar-refractivity contribution in [2.45, 2.75) is 88.9 Å². The van der Waals surface area contributed by atoms with Gasteiger partial charge in [0.2, 0.25) is 0 Å². The Bertz CT molecular complexity index is 371. The summed E-state index contributed by atoms with van der Waals surface area (Å²) in [4.78, 5) is 0.